The van der Waals surface area contributed by atoms with Gasteiger partial charge in [-0.1, -0.05) is 25.0 Å². The average Bonchev–Trinajstić information content (AvgIpc) is 2.70. The van der Waals surface area contributed by atoms with Crippen LogP contribution < -0.4 is 14.8 Å². The Kier molecular flexibility index (Phi) is 6.02. The van der Waals surface area contributed by atoms with Crippen molar-refractivity contribution in [1.82, 2.24) is 5.32 Å². The van der Waals surface area contributed by atoms with Gasteiger partial charge in [0.25, 0.3) is 0 Å². The van der Waals surface area contributed by atoms with Crippen LogP contribution in [0.4, 0.5) is 0 Å². The van der Waals surface area contributed by atoms with Gasteiger partial charge in [0.1, 0.15) is 0 Å². The minimum Gasteiger partial charge on any atom is -0.490 e. The normalized spacial score (nSPS) is 19.7. The van der Waals surface area contributed by atoms with E-state index in [1.165, 1.54) is 25.7 Å². The largest absolute Gasteiger partial charge is 0.490 e. The van der Waals surface area contributed by atoms with Crippen molar-refractivity contribution in [2.45, 2.75) is 45.1 Å². The Labute approximate surface area is 116 Å². The van der Waals surface area contributed by atoms with E-state index in [0.717, 1.165) is 31.1 Å². The Bertz CT molecular complexity index is 360. The first-order valence-corrected chi connectivity index (χ1v) is 7.48. The van der Waals surface area contributed by atoms with Crippen molar-refractivity contribution in [2.75, 3.05) is 19.8 Å². The smallest absolute Gasteiger partial charge is 0.161 e. The fourth-order valence-electron chi connectivity index (χ4n) is 2.50. The summed E-state index contributed by atoms with van der Waals surface area (Å²) in [4.78, 5) is 0. The fraction of sp³-hybridized carbons (Fsp3) is 0.625. The maximum atomic E-state index is 5.87. The molecule has 1 aromatic rings. The molecule has 0 saturated carbocycles. The first kappa shape index (κ1) is 14.2. The molecule has 1 fully saturated rings. The van der Waals surface area contributed by atoms with Crippen molar-refractivity contribution in [3.05, 3.63) is 24.3 Å². The monoisotopic (exact) mass is 263 g/mol. The molecule has 2 rings (SSSR count). The van der Waals surface area contributed by atoms with E-state index in [0.29, 0.717) is 12.6 Å². The quantitative estimate of drug-likeness (QED) is 0.853. The van der Waals surface area contributed by atoms with Gasteiger partial charge >= 0.3 is 0 Å². The summed E-state index contributed by atoms with van der Waals surface area (Å²) < 4.78 is 11.4. The molecule has 0 spiro atoms. The molecule has 0 radical (unpaired) electrons. The lowest BCUT2D eigenvalue weighted by Crippen LogP contribution is -2.29. The molecule has 1 N–H and O–H groups in total. The third-order valence-electron chi connectivity index (χ3n) is 3.54. The molecule has 0 aliphatic carbocycles. The molecular weight excluding hydrogens is 238 g/mol. The van der Waals surface area contributed by atoms with E-state index in [2.05, 4.69) is 5.32 Å². The van der Waals surface area contributed by atoms with E-state index in [-0.39, 0.29) is 0 Å². The molecule has 1 heterocycles. The molecule has 1 atom stereocenters. The molecule has 1 unspecified atom stereocenters. The van der Waals surface area contributed by atoms with Crippen molar-refractivity contribution in [3.8, 4) is 11.5 Å². The van der Waals surface area contributed by atoms with E-state index in [1.807, 2.05) is 31.2 Å². The summed E-state index contributed by atoms with van der Waals surface area (Å²) in [5, 5.41) is 3.60. The van der Waals surface area contributed by atoms with Crippen LogP contribution in [0.3, 0.4) is 0 Å². The van der Waals surface area contributed by atoms with Gasteiger partial charge in [0.05, 0.1) is 13.2 Å². The van der Waals surface area contributed by atoms with Gasteiger partial charge in [-0.2, -0.15) is 0 Å². The van der Waals surface area contributed by atoms with Crippen LogP contribution >= 0.6 is 0 Å². The predicted octanol–water partition coefficient (Wildman–Crippen LogP) is 3.39. The summed E-state index contributed by atoms with van der Waals surface area (Å²) in [6.45, 7) is 4.57. The number of para-hydroxylation sites is 2. The summed E-state index contributed by atoms with van der Waals surface area (Å²) in [6.07, 6.45) is 6.35. The van der Waals surface area contributed by atoms with Crippen LogP contribution in [0.25, 0.3) is 0 Å². The van der Waals surface area contributed by atoms with Crippen molar-refractivity contribution in [2.24, 2.45) is 0 Å². The van der Waals surface area contributed by atoms with Crippen molar-refractivity contribution < 1.29 is 9.47 Å². The van der Waals surface area contributed by atoms with Gasteiger partial charge in [0, 0.05) is 6.04 Å². The highest BCUT2D eigenvalue weighted by Crippen LogP contribution is 2.26. The Morgan fingerprint density at radius 1 is 1.11 bits per heavy atom. The van der Waals surface area contributed by atoms with Gasteiger partial charge in [0.2, 0.25) is 0 Å². The van der Waals surface area contributed by atoms with Crippen LogP contribution in [0.15, 0.2) is 24.3 Å². The molecule has 0 bridgehead atoms. The standard InChI is InChI=1S/C16H25NO2/c1-2-18-15-9-5-6-10-16(15)19-13-11-14-8-4-3-7-12-17-14/h5-6,9-10,14,17H,2-4,7-8,11-13H2,1H3. The maximum absolute atomic E-state index is 5.87. The lowest BCUT2D eigenvalue weighted by molar-refractivity contribution is 0.258. The van der Waals surface area contributed by atoms with Gasteiger partial charge in [-0.3, -0.25) is 0 Å². The van der Waals surface area contributed by atoms with Crippen LogP contribution in [0.5, 0.6) is 11.5 Å². The van der Waals surface area contributed by atoms with E-state index in [9.17, 15) is 0 Å². The topological polar surface area (TPSA) is 30.5 Å². The first-order chi connectivity index (χ1) is 9.40. The third-order valence-corrected chi connectivity index (χ3v) is 3.54. The number of benzene rings is 1. The second kappa shape index (κ2) is 8.05. The van der Waals surface area contributed by atoms with Gasteiger partial charge in [-0.25, -0.2) is 0 Å². The summed E-state index contributed by atoms with van der Waals surface area (Å²) in [5.74, 6) is 1.71. The van der Waals surface area contributed by atoms with Crippen LogP contribution in [0.1, 0.15) is 39.0 Å². The minimum absolute atomic E-state index is 0.613. The van der Waals surface area contributed by atoms with Crippen LogP contribution in [-0.2, 0) is 0 Å². The zero-order valence-electron chi connectivity index (χ0n) is 11.9. The van der Waals surface area contributed by atoms with E-state index >= 15 is 0 Å². The summed E-state index contributed by atoms with van der Waals surface area (Å²) in [7, 11) is 0. The van der Waals surface area contributed by atoms with E-state index in [4.69, 9.17) is 9.47 Å². The number of hydrogen-bond acceptors (Lipinski definition) is 3. The molecule has 0 amide bonds. The van der Waals surface area contributed by atoms with Crippen LogP contribution in [-0.4, -0.2) is 25.8 Å². The molecule has 1 aromatic carbocycles. The molecular formula is C16H25NO2. The predicted molar refractivity (Wildman–Crippen MR) is 78.0 cm³/mol. The van der Waals surface area contributed by atoms with Gasteiger partial charge < -0.3 is 14.8 Å². The van der Waals surface area contributed by atoms with Gasteiger partial charge in [-0.05, 0) is 44.9 Å². The number of hydrogen-bond donors (Lipinski definition) is 1. The van der Waals surface area contributed by atoms with Crippen LogP contribution in [0, 0.1) is 0 Å². The van der Waals surface area contributed by atoms with E-state index < -0.39 is 0 Å². The lowest BCUT2D eigenvalue weighted by atomic mass is 10.1. The molecule has 0 aromatic heterocycles. The highest BCUT2D eigenvalue weighted by Gasteiger charge is 2.11. The molecule has 1 aliphatic heterocycles. The SMILES string of the molecule is CCOc1ccccc1OCCC1CCCCCN1. The zero-order chi connectivity index (χ0) is 13.3. The number of rotatable bonds is 6. The average molecular weight is 263 g/mol. The Hall–Kier alpha value is -1.22. The highest BCUT2D eigenvalue weighted by atomic mass is 16.5. The third kappa shape index (κ3) is 4.75. The lowest BCUT2D eigenvalue weighted by Gasteiger charge is -2.17. The van der Waals surface area contributed by atoms with Gasteiger partial charge in [-0.15, -0.1) is 0 Å². The second-order valence-corrected chi connectivity index (χ2v) is 5.02. The molecule has 106 valence electrons. The van der Waals surface area contributed by atoms with Crippen molar-refractivity contribution in [3.63, 3.8) is 0 Å². The molecule has 1 aliphatic rings. The highest BCUT2D eigenvalue weighted by molar-refractivity contribution is 5.39. The fourth-order valence-corrected chi connectivity index (χ4v) is 2.50. The maximum Gasteiger partial charge on any atom is 0.161 e. The van der Waals surface area contributed by atoms with E-state index in [1.54, 1.807) is 0 Å². The van der Waals surface area contributed by atoms with Gasteiger partial charge in [0.15, 0.2) is 11.5 Å². The summed E-state index contributed by atoms with van der Waals surface area (Å²) in [6, 6.07) is 8.52. The Morgan fingerprint density at radius 3 is 2.68 bits per heavy atom. The Morgan fingerprint density at radius 2 is 1.89 bits per heavy atom. The summed E-state index contributed by atoms with van der Waals surface area (Å²) in [5.41, 5.74) is 0. The second-order valence-electron chi connectivity index (χ2n) is 5.02. The van der Waals surface area contributed by atoms with Crippen LogP contribution in [0.2, 0.25) is 0 Å². The molecule has 1 saturated heterocycles. The summed E-state index contributed by atoms with van der Waals surface area (Å²) >= 11 is 0. The van der Waals surface area contributed by atoms with Crippen molar-refractivity contribution >= 4 is 0 Å². The van der Waals surface area contributed by atoms with Crippen molar-refractivity contribution in [1.29, 1.82) is 0 Å². The molecule has 3 nitrogen and oxygen atoms in total. The number of nitrogens with one attached hydrogen (secondary N) is 1. The minimum atomic E-state index is 0.613. The number of ether oxygens (including phenoxy) is 2. The Balaban J connectivity index is 1.78. The molecule has 19 heavy (non-hydrogen) atoms. The first-order valence-electron chi connectivity index (χ1n) is 7.48. The molecule has 3 heteroatoms. The zero-order valence-corrected chi connectivity index (χ0v) is 11.9.